The molecule has 1 heterocycles. The van der Waals surface area contributed by atoms with Crippen LogP contribution in [0, 0.1) is 0 Å². The van der Waals surface area contributed by atoms with Crippen LogP contribution in [0.25, 0.3) is 0 Å². The molecule has 1 N–H and O–H groups in total. The number of hydrogen-bond donors (Lipinski definition) is 1. The molecule has 2 rings (SSSR count). The molecule has 0 aliphatic carbocycles. The van der Waals surface area contributed by atoms with E-state index in [2.05, 4.69) is 0 Å². The molecular formula is C15H19ClN2O6S. The molecule has 1 amide bonds. The molecule has 138 valence electrons. The highest BCUT2D eigenvalue weighted by molar-refractivity contribution is 7.89. The van der Waals surface area contributed by atoms with Gasteiger partial charge in [0.2, 0.25) is 10.0 Å². The van der Waals surface area contributed by atoms with E-state index in [4.69, 9.17) is 21.4 Å². The first-order chi connectivity index (χ1) is 11.7. The highest BCUT2D eigenvalue weighted by Crippen LogP contribution is 2.26. The van der Waals surface area contributed by atoms with Crippen LogP contribution >= 0.6 is 11.6 Å². The Hall–Kier alpha value is -1.68. The zero-order valence-corrected chi connectivity index (χ0v) is 15.4. The molecule has 25 heavy (non-hydrogen) atoms. The Morgan fingerprint density at radius 2 is 1.84 bits per heavy atom. The number of sulfonamides is 1. The zero-order chi connectivity index (χ0) is 18.8. The number of ether oxygens (including phenoxy) is 1. The second-order valence-electron chi connectivity index (χ2n) is 5.56. The summed E-state index contributed by atoms with van der Waals surface area (Å²) in [5, 5.41) is 8.99. The normalized spacial score (nSPS) is 17.3. The summed E-state index contributed by atoms with van der Waals surface area (Å²) in [4.78, 5) is 24.4. The van der Waals surface area contributed by atoms with E-state index < -0.39 is 22.1 Å². The second-order valence-corrected chi connectivity index (χ2v) is 7.87. The van der Waals surface area contributed by atoms with Gasteiger partial charge in [-0.1, -0.05) is 11.6 Å². The standard InChI is InChI=1S/C15H19ClN2O6S/c1-10(24-2)14(19)17-5-7-18(8-6-17)25(22,23)13-9-11(15(20)21)3-4-12(13)16/h3-4,9-10H,5-8H2,1-2H3,(H,20,21)/t10-/m1/s1. The second kappa shape index (κ2) is 7.69. The van der Waals surface area contributed by atoms with E-state index >= 15 is 0 Å². The summed E-state index contributed by atoms with van der Waals surface area (Å²) in [6, 6.07) is 3.54. The molecule has 0 aromatic heterocycles. The van der Waals surface area contributed by atoms with E-state index in [0.29, 0.717) is 0 Å². The predicted octanol–water partition coefficient (Wildman–Crippen LogP) is 0.906. The van der Waals surface area contributed by atoms with E-state index in [1.165, 1.54) is 28.4 Å². The maximum atomic E-state index is 12.8. The molecule has 0 spiro atoms. The highest BCUT2D eigenvalue weighted by Gasteiger charge is 2.33. The average molecular weight is 391 g/mol. The van der Waals surface area contributed by atoms with Crippen LogP contribution < -0.4 is 0 Å². The number of rotatable bonds is 5. The number of carboxylic acids is 1. The lowest BCUT2D eigenvalue weighted by molar-refractivity contribution is -0.142. The van der Waals surface area contributed by atoms with Gasteiger partial charge in [-0.3, -0.25) is 4.79 Å². The Kier molecular flexibility index (Phi) is 6.04. The summed E-state index contributed by atoms with van der Waals surface area (Å²) in [5.41, 5.74) is -0.161. The number of piperazine rings is 1. The maximum absolute atomic E-state index is 12.8. The number of amides is 1. The highest BCUT2D eigenvalue weighted by atomic mass is 35.5. The fraction of sp³-hybridized carbons (Fsp3) is 0.467. The van der Waals surface area contributed by atoms with Crippen LogP contribution in [0.2, 0.25) is 5.02 Å². The Balaban J connectivity index is 2.19. The number of carboxylic acid groups (broad SMARTS) is 1. The predicted molar refractivity (Wildman–Crippen MR) is 90.2 cm³/mol. The largest absolute Gasteiger partial charge is 0.478 e. The number of benzene rings is 1. The molecule has 1 aliphatic heterocycles. The van der Waals surface area contributed by atoms with Crippen molar-refractivity contribution in [3.63, 3.8) is 0 Å². The number of carbonyl (C=O) groups excluding carboxylic acids is 1. The van der Waals surface area contributed by atoms with Crippen molar-refractivity contribution in [2.24, 2.45) is 0 Å². The fourth-order valence-electron chi connectivity index (χ4n) is 2.48. The zero-order valence-electron chi connectivity index (χ0n) is 13.8. The molecule has 1 saturated heterocycles. The van der Waals surface area contributed by atoms with E-state index in [0.717, 1.165) is 6.07 Å². The Labute approximate surface area is 151 Å². The van der Waals surface area contributed by atoms with Gasteiger partial charge >= 0.3 is 5.97 Å². The van der Waals surface area contributed by atoms with Crippen molar-refractivity contribution in [1.82, 2.24) is 9.21 Å². The monoisotopic (exact) mass is 390 g/mol. The summed E-state index contributed by atoms with van der Waals surface area (Å²) < 4.78 is 31.7. The summed E-state index contributed by atoms with van der Waals surface area (Å²) >= 11 is 5.96. The fourth-order valence-corrected chi connectivity index (χ4v) is 4.40. The molecule has 0 unspecified atom stereocenters. The Bertz CT molecular complexity index is 774. The molecule has 0 saturated carbocycles. The SMILES string of the molecule is CO[C@H](C)C(=O)N1CCN(S(=O)(=O)c2cc(C(=O)O)ccc2Cl)CC1. The van der Waals surface area contributed by atoms with Crippen LogP contribution in [0.1, 0.15) is 17.3 Å². The van der Waals surface area contributed by atoms with E-state index in [9.17, 15) is 18.0 Å². The van der Waals surface area contributed by atoms with Gasteiger partial charge in [0.05, 0.1) is 10.6 Å². The summed E-state index contributed by atoms with van der Waals surface area (Å²) in [6.45, 7) is 2.27. The van der Waals surface area contributed by atoms with Crippen LogP contribution in [-0.4, -0.2) is 74.0 Å². The maximum Gasteiger partial charge on any atom is 0.335 e. The Morgan fingerprint density at radius 1 is 1.24 bits per heavy atom. The van der Waals surface area contributed by atoms with Crippen molar-refractivity contribution in [2.45, 2.75) is 17.9 Å². The van der Waals surface area contributed by atoms with Crippen LogP contribution in [0.3, 0.4) is 0 Å². The lowest BCUT2D eigenvalue weighted by Gasteiger charge is -2.35. The minimum Gasteiger partial charge on any atom is -0.478 e. The minimum atomic E-state index is -3.95. The van der Waals surface area contributed by atoms with E-state index in [1.807, 2.05) is 0 Å². The van der Waals surface area contributed by atoms with Crippen molar-refractivity contribution in [1.29, 1.82) is 0 Å². The van der Waals surface area contributed by atoms with Gasteiger partial charge in [-0.25, -0.2) is 13.2 Å². The molecule has 10 heteroatoms. The molecule has 1 atom stereocenters. The lowest BCUT2D eigenvalue weighted by Crippen LogP contribution is -2.52. The van der Waals surface area contributed by atoms with E-state index in [-0.39, 0.29) is 47.6 Å². The van der Waals surface area contributed by atoms with Gasteiger partial charge in [-0.15, -0.1) is 0 Å². The summed E-state index contributed by atoms with van der Waals surface area (Å²) in [6.07, 6.45) is -0.593. The number of methoxy groups -OCH3 is 1. The van der Waals surface area contributed by atoms with Crippen LogP contribution in [-0.2, 0) is 19.6 Å². The minimum absolute atomic E-state index is 0.0449. The van der Waals surface area contributed by atoms with Crippen LogP contribution in [0.4, 0.5) is 0 Å². The van der Waals surface area contributed by atoms with Gasteiger partial charge in [0.15, 0.2) is 0 Å². The molecule has 0 bridgehead atoms. The van der Waals surface area contributed by atoms with Crippen LogP contribution in [0.5, 0.6) is 0 Å². The van der Waals surface area contributed by atoms with Crippen LogP contribution in [0.15, 0.2) is 23.1 Å². The van der Waals surface area contributed by atoms with Gasteiger partial charge in [0.1, 0.15) is 11.0 Å². The van der Waals surface area contributed by atoms with Crippen molar-refractivity contribution < 1.29 is 27.9 Å². The Morgan fingerprint density at radius 3 is 2.36 bits per heavy atom. The van der Waals surface area contributed by atoms with Crippen molar-refractivity contribution in [3.8, 4) is 0 Å². The molecule has 8 nitrogen and oxygen atoms in total. The summed E-state index contributed by atoms with van der Waals surface area (Å²) in [7, 11) is -2.52. The summed E-state index contributed by atoms with van der Waals surface area (Å²) in [5.74, 6) is -1.44. The number of aromatic carboxylic acids is 1. The molecular weight excluding hydrogens is 372 g/mol. The number of halogens is 1. The first-order valence-electron chi connectivity index (χ1n) is 7.53. The van der Waals surface area contributed by atoms with Crippen molar-refractivity contribution in [2.75, 3.05) is 33.3 Å². The smallest absolute Gasteiger partial charge is 0.335 e. The first-order valence-corrected chi connectivity index (χ1v) is 9.35. The molecule has 1 aromatic carbocycles. The quantitative estimate of drug-likeness (QED) is 0.801. The third-order valence-electron chi connectivity index (χ3n) is 4.05. The molecule has 1 fully saturated rings. The lowest BCUT2D eigenvalue weighted by atomic mass is 10.2. The van der Waals surface area contributed by atoms with Gasteiger partial charge in [0, 0.05) is 33.3 Å². The van der Waals surface area contributed by atoms with Gasteiger partial charge in [-0.05, 0) is 25.1 Å². The first kappa shape index (κ1) is 19.6. The van der Waals surface area contributed by atoms with Gasteiger partial charge in [-0.2, -0.15) is 4.31 Å². The molecule has 1 aliphatic rings. The number of nitrogens with zero attached hydrogens (tertiary/aromatic N) is 2. The molecule has 1 aromatic rings. The third kappa shape index (κ3) is 4.12. The number of hydrogen-bond acceptors (Lipinski definition) is 5. The van der Waals surface area contributed by atoms with E-state index in [1.54, 1.807) is 6.92 Å². The third-order valence-corrected chi connectivity index (χ3v) is 6.43. The topological polar surface area (TPSA) is 104 Å². The molecule has 0 radical (unpaired) electrons. The number of carbonyl (C=O) groups is 2. The van der Waals surface area contributed by atoms with Crippen molar-refractivity contribution >= 4 is 33.5 Å². The van der Waals surface area contributed by atoms with Gasteiger partial charge < -0.3 is 14.7 Å². The van der Waals surface area contributed by atoms with Crippen molar-refractivity contribution in [3.05, 3.63) is 28.8 Å². The average Bonchev–Trinajstić information content (AvgIpc) is 2.60. The van der Waals surface area contributed by atoms with Gasteiger partial charge in [0.25, 0.3) is 5.91 Å².